The fourth-order valence-electron chi connectivity index (χ4n) is 2.64. The fraction of sp³-hybridized carbons (Fsp3) is 0.100. The summed E-state index contributed by atoms with van der Waals surface area (Å²) < 4.78 is 14.0. The van der Waals surface area contributed by atoms with Crippen molar-refractivity contribution in [3.63, 3.8) is 0 Å². The lowest BCUT2D eigenvalue weighted by Crippen LogP contribution is -2.30. The molecule has 0 bridgehead atoms. The van der Waals surface area contributed by atoms with Crippen LogP contribution < -0.4 is 5.32 Å². The lowest BCUT2D eigenvalue weighted by Gasteiger charge is -2.19. The maximum absolute atomic E-state index is 14.0. The third kappa shape index (κ3) is 4.28. The number of nitriles is 1. The summed E-state index contributed by atoms with van der Waals surface area (Å²) in [5.74, 6) is -1.03. The average Bonchev–Trinajstić information content (AvgIpc) is 2.69. The van der Waals surface area contributed by atoms with E-state index in [-0.39, 0.29) is 10.2 Å². The summed E-state index contributed by atoms with van der Waals surface area (Å²) in [6.45, 7) is 1.74. The van der Waals surface area contributed by atoms with Crippen molar-refractivity contribution in [1.29, 1.82) is 5.26 Å². The van der Waals surface area contributed by atoms with Crippen LogP contribution in [0.2, 0.25) is 10.2 Å². The first-order valence-electron chi connectivity index (χ1n) is 8.13. The lowest BCUT2D eigenvalue weighted by atomic mass is 10.0. The molecule has 140 valence electrons. The van der Waals surface area contributed by atoms with Crippen LogP contribution in [-0.4, -0.2) is 15.9 Å². The molecule has 5 nitrogen and oxygen atoms in total. The predicted octanol–water partition coefficient (Wildman–Crippen LogP) is 4.62. The highest BCUT2D eigenvalue weighted by Crippen LogP contribution is 2.25. The molecule has 0 unspecified atom stereocenters. The van der Waals surface area contributed by atoms with Gasteiger partial charge >= 0.3 is 0 Å². The van der Waals surface area contributed by atoms with E-state index in [1.54, 1.807) is 31.2 Å². The van der Waals surface area contributed by atoms with E-state index in [1.165, 1.54) is 24.5 Å². The first-order chi connectivity index (χ1) is 13.4. The second-order valence-electron chi connectivity index (χ2n) is 5.99. The van der Waals surface area contributed by atoms with Gasteiger partial charge in [-0.3, -0.25) is 9.78 Å². The Labute approximate surface area is 170 Å². The highest BCUT2D eigenvalue weighted by Gasteiger charge is 2.21. The molecule has 3 aromatic rings. The summed E-state index contributed by atoms with van der Waals surface area (Å²) in [6.07, 6.45) is 2.75. The van der Waals surface area contributed by atoms with Crippen molar-refractivity contribution in [1.82, 2.24) is 15.3 Å². The first kappa shape index (κ1) is 19.7. The molecule has 0 aliphatic carbocycles. The zero-order valence-corrected chi connectivity index (χ0v) is 16.1. The molecule has 28 heavy (non-hydrogen) atoms. The van der Waals surface area contributed by atoms with Gasteiger partial charge in [-0.05, 0) is 48.4 Å². The Hall–Kier alpha value is -3.01. The first-order valence-corrected chi connectivity index (χ1v) is 8.88. The zero-order valence-electron chi connectivity index (χ0n) is 14.6. The molecule has 1 aromatic heterocycles. The highest BCUT2D eigenvalue weighted by molar-refractivity contribution is 6.30. The van der Waals surface area contributed by atoms with Crippen molar-refractivity contribution < 1.29 is 9.18 Å². The van der Waals surface area contributed by atoms with E-state index >= 15 is 0 Å². The molecule has 1 N–H and O–H groups in total. The molecular weight excluding hydrogens is 402 g/mol. The van der Waals surface area contributed by atoms with Gasteiger partial charge in [0, 0.05) is 5.56 Å². The van der Waals surface area contributed by atoms with Crippen LogP contribution in [0, 0.1) is 24.1 Å². The van der Waals surface area contributed by atoms with Crippen LogP contribution in [0.3, 0.4) is 0 Å². The van der Waals surface area contributed by atoms with Crippen molar-refractivity contribution in [2.75, 3.05) is 0 Å². The Morgan fingerprint density at radius 2 is 1.96 bits per heavy atom. The van der Waals surface area contributed by atoms with Gasteiger partial charge in [0.15, 0.2) is 0 Å². The van der Waals surface area contributed by atoms with Gasteiger partial charge in [0.1, 0.15) is 11.0 Å². The second-order valence-corrected chi connectivity index (χ2v) is 6.78. The minimum Gasteiger partial charge on any atom is -0.339 e. The lowest BCUT2D eigenvalue weighted by molar-refractivity contribution is 0.0942. The predicted molar refractivity (Wildman–Crippen MR) is 104 cm³/mol. The molecule has 0 aliphatic heterocycles. The van der Waals surface area contributed by atoms with Gasteiger partial charge in [0.25, 0.3) is 5.91 Å². The Morgan fingerprint density at radius 3 is 2.57 bits per heavy atom. The summed E-state index contributed by atoms with van der Waals surface area (Å²) in [7, 11) is 0. The van der Waals surface area contributed by atoms with E-state index in [2.05, 4.69) is 21.4 Å². The largest absolute Gasteiger partial charge is 0.339 e. The minimum absolute atomic E-state index is 0.0290. The van der Waals surface area contributed by atoms with Crippen LogP contribution in [0.1, 0.15) is 38.8 Å². The van der Waals surface area contributed by atoms with E-state index in [1.807, 2.05) is 0 Å². The number of benzene rings is 2. The van der Waals surface area contributed by atoms with Crippen molar-refractivity contribution >= 4 is 29.1 Å². The van der Waals surface area contributed by atoms with E-state index in [0.717, 1.165) is 0 Å². The molecule has 2 aromatic carbocycles. The number of nitrogens with zero attached hydrogens (tertiary/aromatic N) is 3. The second kappa shape index (κ2) is 8.34. The van der Waals surface area contributed by atoms with Crippen LogP contribution >= 0.6 is 23.2 Å². The van der Waals surface area contributed by atoms with E-state index in [0.29, 0.717) is 27.9 Å². The number of carbonyl (C=O) groups is 1. The number of aryl methyl sites for hydroxylation is 1. The van der Waals surface area contributed by atoms with E-state index in [4.69, 9.17) is 28.5 Å². The number of halogens is 3. The van der Waals surface area contributed by atoms with E-state index in [9.17, 15) is 9.18 Å². The maximum atomic E-state index is 14.0. The standard InChI is InChI=1S/C20H13Cl2FN4O/c1-11-6-13(2-3-14(11)8-24)20(28)27-19(17-9-26-18(22)10-25-17)12-4-5-15(21)16(23)7-12/h2-7,9-10,19H,1H3,(H,27,28)/t19-/m0/s1. The number of hydrogen-bond donors (Lipinski definition) is 1. The van der Waals surface area contributed by atoms with Crippen LogP contribution in [0.4, 0.5) is 4.39 Å². The Bertz CT molecular complexity index is 1080. The molecular formula is C20H13Cl2FN4O. The van der Waals surface area contributed by atoms with Gasteiger partial charge < -0.3 is 5.32 Å². The smallest absolute Gasteiger partial charge is 0.252 e. The summed E-state index contributed by atoms with van der Waals surface area (Å²) in [5.41, 5.74) is 2.34. The van der Waals surface area contributed by atoms with Gasteiger partial charge in [-0.1, -0.05) is 29.3 Å². The maximum Gasteiger partial charge on any atom is 0.252 e. The van der Waals surface area contributed by atoms with Crippen LogP contribution in [0.25, 0.3) is 0 Å². The summed E-state index contributed by atoms with van der Waals surface area (Å²) in [5, 5.41) is 12.0. The quantitative estimate of drug-likeness (QED) is 0.675. The Morgan fingerprint density at radius 1 is 1.18 bits per heavy atom. The monoisotopic (exact) mass is 414 g/mol. The van der Waals surface area contributed by atoms with Gasteiger partial charge in [-0.15, -0.1) is 0 Å². The molecule has 0 saturated heterocycles. The molecule has 0 radical (unpaired) electrons. The number of aromatic nitrogens is 2. The molecule has 0 spiro atoms. The van der Waals surface area contributed by atoms with Crippen LogP contribution in [0.15, 0.2) is 48.8 Å². The summed E-state index contributed by atoms with van der Waals surface area (Å²) in [4.78, 5) is 21.0. The topological polar surface area (TPSA) is 78.7 Å². The van der Waals surface area contributed by atoms with Gasteiger partial charge in [0.05, 0.1) is 40.8 Å². The van der Waals surface area contributed by atoms with Gasteiger partial charge in [-0.25, -0.2) is 9.37 Å². The van der Waals surface area contributed by atoms with Crippen molar-refractivity contribution in [2.24, 2.45) is 0 Å². The number of amides is 1. The van der Waals surface area contributed by atoms with Gasteiger partial charge in [0.2, 0.25) is 0 Å². The number of rotatable bonds is 4. The molecule has 0 saturated carbocycles. The van der Waals surface area contributed by atoms with Crippen molar-refractivity contribution in [3.8, 4) is 6.07 Å². The Balaban J connectivity index is 1.98. The molecule has 0 aliphatic rings. The minimum atomic E-state index is -0.778. The molecule has 1 heterocycles. The summed E-state index contributed by atoms with van der Waals surface area (Å²) >= 11 is 11.6. The Kier molecular flexibility index (Phi) is 5.88. The fourth-order valence-corrected chi connectivity index (χ4v) is 2.85. The molecule has 3 rings (SSSR count). The molecule has 1 atom stereocenters. The number of hydrogen-bond acceptors (Lipinski definition) is 4. The number of carbonyl (C=O) groups excluding carboxylic acids is 1. The molecule has 1 amide bonds. The van der Waals surface area contributed by atoms with Crippen LogP contribution in [0.5, 0.6) is 0 Å². The number of nitrogens with one attached hydrogen (secondary N) is 1. The third-order valence-corrected chi connectivity index (χ3v) is 4.60. The average molecular weight is 415 g/mol. The van der Waals surface area contributed by atoms with Crippen LogP contribution in [-0.2, 0) is 0 Å². The van der Waals surface area contributed by atoms with E-state index < -0.39 is 17.8 Å². The third-order valence-electron chi connectivity index (χ3n) is 4.10. The highest BCUT2D eigenvalue weighted by atomic mass is 35.5. The summed E-state index contributed by atoms with van der Waals surface area (Å²) in [6, 6.07) is 10.2. The normalized spacial score (nSPS) is 11.5. The van der Waals surface area contributed by atoms with Gasteiger partial charge in [-0.2, -0.15) is 5.26 Å². The molecule has 8 heteroatoms. The molecule has 0 fully saturated rings. The van der Waals surface area contributed by atoms with Crippen molar-refractivity contribution in [3.05, 3.63) is 92.7 Å². The SMILES string of the molecule is Cc1cc(C(=O)N[C@@H](c2ccc(Cl)c(F)c2)c2cnc(Cl)cn2)ccc1C#N. The zero-order chi connectivity index (χ0) is 20.3. The van der Waals surface area contributed by atoms with Crippen molar-refractivity contribution in [2.45, 2.75) is 13.0 Å².